The number of fused-ring (bicyclic) bond motifs is 1. The molecular formula is C27H34FN7O2. The van der Waals surface area contributed by atoms with Gasteiger partial charge in [0.15, 0.2) is 17.5 Å². The summed E-state index contributed by atoms with van der Waals surface area (Å²) < 4.78 is 22.4. The van der Waals surface area contributed by atoms with Crippen LogP contribution < -0.4 is 16.0 Å². The molecule has 1 fully saturated rings. The van der Waals surface area contributed by atoms with Crippen molar-refractivity contribution in [1.29, 1.82) is 5.26 Å². The highest BCUT2D eigenvalue weighted by atomic mass is 19.1. The predicted molar refractivity (Wildman–Crippen MR) is 141 cm³/mol. The maximum atomic E-state index is 15.1. The third kappa shape index (κ3) is 6.28. The van der Waals surface area contributed by atoms with E-state index in [0.29, 0.717) is 12.1 Å². The molecule has 1 aromatic carbocycles. The van der Waals surface area contributed by atoms with Gasteiger partial charge in [-0.15, -0.1) is 0 Å². The molecule has 4 rings (SSSR count). The highest BCUT2D eigenvalue weighted by molar-refractivity contribution is 5.83. The number of anilines is 3. The van der Waals surface area contributed by atoms with E-state index in [1.54, 1.807) is 6.20 Å². The standard InChI is InChI=1S/C27H34FN7O2/c1-6-21(32-26(36)37-27(3,4)5)23(16-8-9-16)33-25-20(28)13-17(14-29)24(34-25)31-19-10-11-22-18(12-19)15-30-35(22)7-2/h10-13,15-16,21,23H,6-9H2,1-5H3,(H,32,36)(H2,31,33,34)/t21-,23+/m0/s1. The van der Waals surface area contributed by atoms with Crippen LogP contribution in [0.15, 0.2) is 30.5 Å². The van der Waals surface area contributed by atoms with Crippen LogP contribution in [0, 0.1) is 23.1 Å². The number of pyridine rings is 1. The number of nitriles is 1. The quantitative estimate of drug-likeness (QED) is 0.340. The minimum atomic E-state index is -0.625. The average Bonchev–Trinajstić information content (AvgIpc) is 3.60. The Morgan fingerprint density at radius 2 is 2.03 bits per heavy atom. The van der Waals surface area contributed by atoms with E-state index >= 15 is 4.39 Å². The normalized spacial score (nSPS) is 15.1. The van der Waals surface area contributed by atoms with Crippen LogP contribution in [-0.4, -0.2) is 38.5 Å². The van der Waals surface area contributed by atoms with Crippen molar-refractivity contribution in [3.8, 4) is 6.07 Å². The van der Waals surface area contributed by atoms with Crippen molar-refractivity contribution in [3.05, 3.63) is 41.8 Å². The summed E-state index contributed by atoms with van der Waals surface area (Å²) in [6.45, 7) is 10.2. The molecule has 0 saturated heterocycles. The number of alkyl carbamates (subject to hydrolysis) is 1. The largest absolute Gasteiger partial charge is 0.444 e. The SMILES string of the molecule is CC[C@H](NC(=O)OC(C)(C)C)[C@H](Nc1nc(Nc2ccc3c(cnn3CC)c2)c(C#N)cc1F)C1CC1. The topological polar surface area (TPSA) is 117 Å². The molecule has 196 valence electrons. The fourth-order valence-corrected chi connectivity index (χ4v) is 4.39. The Kier molecular flexibility index (Phi) is 7.52. The number of ether oxygens (including phenoxy) is 1. The summed E-state index contributed by atoms with van der Waals surface area (Å²) in [6.07, 6.45) is 3.84. The minimum Gasteiger partial charge on any atom is -0.444 e. The molecule has 1 amide bonds. The zero-order valence-electron chi connectivity index (χ0n) is 21.9. The van der Waals surface area contributed by atoms with Gasteiger partial charge in [0.25, 0.3) is 0 Å². The summed E-state index contributed by atoms with van der Waals surface area (Å²) in [4.78, 5) is 16.9. The lowest BCUT2D eigenvalue weighted by atomic mass is 10.0. The Balaban J connectivity index is 1.58. The molecule has 37 heavy (non-hydrogen) atoms. The highest BCUT2D eigenvalue weighted by Gasteiger charge is 2.38. The first-order chi connectivity index (χ1) is 17.6. The number of halogens is 1. The van der Waals surface area contributed by atoms with Gasteiger partial charge in [0.05, 0.1) is 29.4 Å². The fraction of sp³-hybridized carbons (Fsp3) is 0.481. The van der Waals surface area contributed by atoms with Crippen LogP contribution in [0.25, 0.3) is 10.9 Å². The molecule has 1 aliphatic rings. The zero-order valence-corrected chi connectivity index (χ0v) is 21.9. The van der Waals surface area contributed by atoms with Crippen molar-refractivity contribution in [3.63, 3.8) is 0 Å². The van der Waals surface area contributed by atoms with E-state index in [0.717, 1.165) is 30.3 Å². The van der Waals surface area contributed by atoms with Gasteiger partial charge in [-0.05, 0) is 77.1 Å². The second-order valence-corrected chi connectivity index (χ2v) is 10.4. The number of aryl methyl sites for hydroxylation is 1. The summed E-state index contributed by atoms with van der Waals surface area (Å²) >= 11 is 0. The summed E-state index contributed by atoms with van der Waals surface area (Å²) in [5.74, 6) is -0.0794. The van der Waals surface area contributed by atoms with Gasteiger partial charge in [0, 0.05) is 17.6 Å². The van der Waals surface area contributed by atoms with Gasteiger partial charge < -0.3 is 20.7 Å². The number of nitrogens with one attached hydrogen (secondary N) is 3. The van der Waals surface area contributed by atoms with E-state index < -0.39 is 17.5 Å². The number of hydrogen-bond donors (Lipinski definition) is 3. The lowest BCUT2D eigenvalue weighted by molar-refractivity contribution is 0.0495. The smallest absolute Gasteiger partial charge is 0.407 e. The summed E-state index contributed by atoms with van der Waals surface area (Å²) in [6, 6.07) is 8.41. The average molecular weight is 508 g/mol. The molecular weight excluding hydrogens is 473 g/mol. The van der Waals surface area contributed by atoms with Gasteiger partial charge in [0.1, 0.15) is 11.7 Å². The Hall–Kier alpha value is -3.87. The number of carbonyl (C=O) groups is 1. The van der Waals surface area contributed by atoms with Gasteiger partial charge in [-0.1, -0.05) is 6.92 Å². The van der Waals surface area contributed by atoms with Crippen LogP contribution in [0.5, 0.6) is 0 Å². The van der Waals surface area contributed by atoms with Crippen LogP contribution in [0.2, 0.25) is 0 Å². The van der Waals surface area contributed by atoms with E-state index in [1.807, 2.05) is 63.6 Å². The Morgan fingerprint density at radius 1 is 1.27 bits per heavy atom. The number of amides is 1. The first kappa shape index (κ1) is 26.2. The Morgan fingerprint density at radius 3 is 2.65 bits per heavy atom. The van der Waals surface area contributed by atoms with E-state index in [9.17, 15) is 10.1 Å². The third-order valence-corrected chi connectivity index (χ3v) is 6.31. The monoisotopic (exact) mass is 507 g/mol. The molecule has 0 unspecified atom stereocenters. The molecule has 3 N–H and O–H groups in total. The van der Waals surface area contributed by atoms with Crippen molar-refractivity contribution in [1.82, 2.24) is 20.1 Å². The Labute approximate surface area is 216 Å². The number of hydrogen-bond acceptors (Lipinski definition) is 7. The second kappa shape index (κ2) is 10.6. The van der Waals surface area contributed by atoms with Crippen molar-refractivity contribution in [2.75, 3.05) is 10.6 Å². The summed E-state index contributed by atoms with van der Waals surface area (Å²) in [5, 5.41) is 24.3. The summed E-state index contributed by atoms with van der Waals surface area (Å²) in [5.41, 5.74) is 1.18. The molecule has 10 heteroatoms. The second-order valence-electron chi connectivity index (χ2n) is 10.4. The van der Waals surface area contributed by atoms with Crippen molar-refractivity contribution in [2.24, 2.45) is 5.92 Å². The maximum Gasteiger partial charge on any atom is 0.407 e. The van der Waals surface area contributed by atoms with E-state index in [-0.39, 0.29) is 35.2 Å². The van der Waals surface area contributed by atoms with Crippen molar-refractivity contribution < 1.29 is 13.9 Å². The molecule has 0 bridgehead atoms. The molecule has 2 aromatic heterocycles. The number of aromatic nitrogens is 3. The van der Waals surface area contributed by atoms with Gasteiger partial charge >= 0.3 is 6.09 Å². The Bertz CT molecular complexity index is 1320. The molecule has 2 atom stereocenters. The lowest BCUT2D eigenvalue weighted by Gasteiger charge is -2.30. The number of benzene rings is 1. The van der Waals surface area contributed by atoms with Crippen molar-refractivity contribution in [2.45, 2.75) is 78.1 Å². The third-order valence-electron chi connectivity index (χ3n) is 6.31. The lowest BCUT2D eigenvalue weighted by Crippen LogP contribution is -2.49. The molecule has 9 nitrogen and oxygen atoms in total. The van der Waals surface area contributed by atoms with Gasteiger partial charge in [-0.2, -0.15) is 10.4 Å². The van der Waals surface area contributed by atoms with E-state index in [2.05, 4.69) is 26.0 Å². The van der Waals surface area contributed by atoms with Crippen LogP contribution in [0.1, 0.15) is 59.4 Å². The number of nitrogens with zero attached hydrogens (tertiary/aromatic N) is 4. The van der Waals surface area contributed by atoms with Gasteiger partial charge in [-0.3, -0.25) is 4.68 Å². The van der Waals surface area contributed by atoms with Crippen LogP contribution in [0.3, 0.4) is 0 Å². The fourth-order valence-electron chi connectivity index (χ4n) is 4.39. The molecule has 0 spiro atoms. The van der Waals surface area contributed by atoms with Crippen LogP contribution in [-0.2, 0) is 11.3 Å². The molecule has 0 aliphatic heterocycles. The maximum absolute atomic E-state index is 15.1. The highest BCUT2D eigenvalue weighted by Crippen LogP contribution is 2.37. The molecule has 2 heterocycles. The number of rotatable bonds is 9. The predicted octanol–water partition coefficient (Wildman–Crippen LogP) is 5.70. The molecule has 0 radical (unpaired) electrons. The molecule has 1 saturated carbocycles. The summed E-state index contributed by atoms with van der Waals surface area (Å²) in [7, 11) is 0. The van der Waals surface area contributed by atoms with E-state index in [4.69, 9.17) is 4.74 Å². The van der Waals surface area contributed by atoms with Crippen LogP contribution >= 0.6 is 0 Å². The van der Waals surface area contributed by atoms with Gasteiger partial charge in [0.2, 0.25) is 0 Å². The zero-order chi connectivity index (χ0) is 26.7. The number of carbonyl (C=O) groups excluding carboxylic acids is 1. The molecule has 3 aromatic rings. The van der Waals surface area contributed by atoms with Crippen molar-refractivity contribution >= 4 is 34.3 Å². The van der Waals surface area contributed by atoms with Gasteiger partial charge in [-0.25, -0.2) is 14.2 Å². The first-order valence-corrected chi connectivity index (χ1v) is 12.7. The molecule has 1 aliphatic carbocycles. The minimum absolute atomic E-state index is 0.0303. The van der Waals surface area contributed by atoms with E-state index in [1.165, 1.54) is 6.07 Å². The van der Waals surface area contributed by atoms with Crippen LogP contribution in [0.4, 0.5) is 26.5 Å². The first-order valence-electron chi connectivity index (χ1n) is 12.7.